The van der Waals surface area contributed by atoms with Crippen LogP contribution in [0.4, 0.5) is 0 Å². The second-order valence-electron chi connectivity index (χ2n) is 7.28. The fraction of sp³-hybridized carbons (Fsp3) is 0.115. The van der Waals surface area contributed by atoms with Gasteiger partial charge in [-0.2, -0.15) is 10.4 Å². The third-order valence-electron chi connectivity index (χ3n) is 5.21. The van der Waals surface area contributed by atoms with Gasteiger partial charge in [0.15, 0.2) is 6.61 Å². The number of para-hydroxylation sites is 2. The Labute approximate surface area is 186 Å². The summed E-state index contributed by atoms with van der Waals surface area (Å²) in [5, 5.41) is 14.3. The van der Waals surface area contributed by atoms with Gasteiger partial charge in [0.1, 0.15) is 11.8 Å². The minimum atomic E-state index is -0.403. The highest BCUT2D eigenvalue weighted by atomic mass is 16.5. The van der Waals surface area contributed by atoms with Crippen molar-refractivity contribution in [1.29, 1.82) is 5.26 Å². The molecule has 1 heterocycles. The molecule has 4 aromatic rings. The second kappa shape index (κ2) is 9.63. The molecule has 4 rings (SSSR count). The molecule has 0 spiro atoms. The summed E-state index contributed by atoms with van der Waals surface area (Å²) in [7, 11) is 0. The fourth-order valence-corrected chi connectivity index (χ4v) is 3.62. The van der Waals surface area contributed by atoms with Crippen molar-refractivity contribution in [2.45, 2.75) is 13.5 Å². The van der Waals surface area contributed by atoms with Crippen molar-refractivity contribution in [3.05, 3.63) is 101 Å². The van der Waals surface area contributed by atoms with Crippen LogP contribution in [-0.2, 0) is 11.3 Å². The summed E-state index contributed by atoms with van der Waals surface area (Å²) in [6, 6.07) is 27.2. The summed E-state index contributed by atoms with van der Waals surface area (Å²) in [5.74, 6) is -0.0337. The summed E-state index contributed by atoms with van der Waals surface area (Å²) in [6.07, 6.45) is 1.67. The number of nitrogens with one attached hydrogen (secondary N) is 1. The molecule has 6 nitrogen and oxygen atoms in total. The van der Waals surface area contributed by atoms with Gasteiger partial charge in [0.05, 0.1) is 11.8 Å². The van der Waals surface area contributed by atoms with Crippen molar-refractivity contribution >= 4 is 23.0 Å². The first-order valence-corrected chi connectivity index (χ1v) is 10.2. The molecular weight excluding hydrogens is 400 g/mol. The Hall–Kier alpha value is -4.37. The van der Waals surface area contributed by atoms with Crippen molar-refractivity contribution in [1.82, 2.24) is 9.99 Å². The van der Waals surface area contributed by atoms with Crippen LogP contribution in [-0.4, -0.2) is 23.3 Å². The number of carbonyl (C=O) groups excluding carboxylic acids is 1. The van der Waals surface area contributed by atoms with Gasteiger partial charge in [0.25, 0.3) is 5.91 Å². The second-order valence-corrected chi connectivity index (χ2v) is 7.28. The zero-order chi connectivity index (χ0) is 22.3. The molecule has 0 bridgehead atoms. The third-order valence-corrected chi connectivity index (χ3v) is 5.21. The molecule has 3 aromatic carbocycles. The Bertz CT molecular complexity index is 1320. The van der Waals surface area contributed by atoms with Gasteiger partial charge in [-0.15, -0.1) is 0 Å². The molecule has 6 heteroatoms. The number of aromatic nitrogens is 1. The highest BCUT2D eigenvalue weighted by molar-refractivity contribution is 6.01. The van der Waals surface area contributed by atoms with E-state index in [4.69, 9.17) is 10.00 Å². The van der Waals surface area contributed by atoms with Crippen LogP contribution >= 0.6 is 0 Å². The lowest BCUT2D eigenvalue weighted by atomic mass is 10.1. The Kier molecular flexibility index (Phi) is 6.28. The molecule has 0 saturated heterocycles. The summed E-state index contributed by atoms with van der Waals surface area (Å²) in [6.45, 7) is 2.57. The molecule has 32 heavy (non-hydrogen) atoms. The highest BCUT2D eigenvalue weighted by Gasteiger charge is 2.13. The Morgan fingerprint density at radius 2 is 1.78 bits per heavy atom. The molecule has 0 aliphatic rings. The van der Waals surface area contributed by atoms with Crippen LogP contribution in [0.1, 0.15) is 22.4 Å². The number of nitriles is 1. The third kappa shape index (κ3) is 4.52. The topological polar surface area (TPSA) is 79.4 Å². The summed E-state index contributed by atoms with van der Waals surface area (Å²) in [4.78, 5) is 12.2. The maximum absolute atomic E-state index is 12.2. The quantitative estimate of drug-likeness (QED) is 0.354. The zero-order valence-corrected chi connectivity index (χ0v) is 17.7. The van der Waals surface area contributed by atoms with Crippen LogP contribution in [0.25, 0.3) is 10.9 Å². The van der Waals surface area contributed by atoms with Crippen LogP contribution in [0.2, 0.25) is 0 Å². The van der Waals surface area contributed by atoms with Gasteiger partial charge < -0.3 is 9.30 Å². The standard InChI is InChI=1S/C26H22N4O2/c1-19-23(16-28-29-26(31)18-32-25-14-8-5-11-21(25)15-27)22-12-6-7-13-24(22)30(19)17-20-9-3-2-4-10-20/h2-14,16H,17-18H2,1H3,(H,29,31)/b28-16+. The van der Waals surface area contributed by atoms with Gasteiger partial charge in [-0.05, 0) is 30.7 Å². The van der Waals surface area contributed by atoms with E-state index in [1.54, 1.807) is 30.5 Å². The average Bonchev–Trinajstić information content (AvgIpc) is 3.09. The van der Waals surface area contributed by atoms with Crippen LogP contribution < -0.4 is 10.2 Å². The van der Waals surface area contributed by atoms with Crippen LogP contribution in [0, 0.1) is 18.3 Å². The number of nitrogens with zero attached hydrogens (tertiary/aromatic N) is 3. The molecule has 0 aliphatic carbocycles. The van der Waals surface area contributed by atoms with E-state index in [2.05, 4.69) is 39.4 Å². The summed E-state index contributed by atoms with van der Waals surface area (Å²) < 4.78 is 7.69. The predicted octanol–water partition coefficient (Wildman–Crippen LogP) is 4.40. The molecule has 0 atom stereocenters. The highest BCUT2D eigenvalue weighted by Crippen LogP contribution is 2.25. The van der Waals surface area contributed by atoms with Crippen molar-refractivity contribution in [3.8, 4) is 11.8 Å². The number of ether oxygens (including phenoxy) is 1. The van der Waals surface area contributed by atoms with Crippen molar-refractivity contribution in [2.75, 3.05) is 6.61 Å². The van der Waals surface area contributed by atoms with Crippen LogP contribution in [0.15, 0.2) is 84.0 Å². The Morgan fingerprint density at radius 1 is 1.06 bits per heavy atom. The van der Waals surface area contributed by atoms with E-state index in [1.807, 2.05) is 43.3 Å². The Balaban J connectivity index is 1.48. The van der Waals surface area contributed by atoms with Crippen molar-refractivity contribution in [2.24, 2.45) is 5.10 Å². The lowest BCUT2D eigenvalue weighted by molar-refractivity contribution is -0.123. The SMILES string of the molecule is Cc1c(/C=N/NC(=O)COc2ccccc2C#N)c2ccccc2n1Cc1ccccc1. The van der Waals surface area contributed by atoms with Gasteiger partial charge in [-0.1, -0.05) is 60.7 Å². The number of hydrogen-bond acceptors (Lipinski definition) is 4. The van der Waals surface area contributed by atoms with Gasteiger partial charge in [-0.3, -0.25) is 4.79 Å². The number of benzene rings is 3. The van der Waals surface area contributed by atoms with E-state index in [0.29, 0.717) is 11.3 Å². The lowest BCUT2D eigenvalue weighted by Crippen LogP contribution is -2.24. The number of rotatable bonds is 7. The number of hydrogen-bond donors (Lipinski definition) is 1. The maximum Gasteiger partial charge on any atom is 0.277 e. The largest absolute Gasteiger partial charge is 0.482 e. The van der Waals surface area contributed by atoms with E-state index in [9.17, 15) is 4.79 Å². The van der Waals surface area contributed by atoms with Crippen molar-refractivity contribution in [3.63, 3.8) is 0 Å². The number of carbonyl (C=O) groups is 1. The molecule has 0 saturated carbocycles. The molecule has 0 radical (unpaired) electrons. The van der Waals surface area contributed by atoms with E-state index < -0.39 is 5.91 Å². The zero-order valence-electron chi connectivity index (χ0n) is 17.7. The van der Waals surface area contributed by atoms with Crippen LogP contribution in [0.3, 0.4) is 0 Å². The number of amides is 1. The Morgan fingerprint density at radius 3 is 2.59 bits per heavy atom. The first kappa shape index (κ1) is 20.9. The summed E-state index contributed by atoms with van der Waals surface area (Å²) in [5.41, 5.74) is 7.22. The van der Waals surface area contributed by atoms with E-state index in [1.165, 1.54) is 5.56 Å². The maximum atomic E-state index is 12.2. The van der Waals surface area contributed by atoms with Crippen LogP contribution in [0.5, 0.6) is 5.75 Å². The molecular formula is C26H22N4O2. The van der Waals surface area contributed by atoms with Crippen molar-refractivity contribution < 1.29 is 9.53 Å². The molecule has 0 unspecified atom stereocenters. The van der Waals surface area contributed by atoms with Gasteiger partial charge in [0.2, 0.25) is 0 Å². The number of hydrazone groups is 1. The molecule has 1 amide bonds. The molecule has 0 aliphatic heterocycles. The predicted molar refractivity (Wildman–Crippen MR) is 125 cm³/mol. The normalized spacial score (nSPS) is 10.9. The monoisotopic (exact) mass is 422 g/mol. The summed E-state index contributed by atoms with van der Waals surface area (Å²) >= 11 is 0. The minimum Gasteiger partial charge on any atom is -0.482 e. The first-order valence-electron chi connectivity index (χ1n) is 10.2. The molecule has 0 fully saturated rings. The lowest BCUT2D eigenvalue weighted by Gasteiger charge is -2.08. The van der Waals surface area contributed by atoms with Gasteiger partial charge in [-0.25, -0.2) is 5.43 Å². The molecule has 1 N–H and O–H groups in total. The minimum absolute atomic E-state index is 0.231. The first-order chi connectivity index (χ1) is 15.7. The smallest absolute Gasteiger partial charge is 0.277 e. The van der Waals surface area contributed by atoms with E-state index >= 15 is 0 Å². The number of fused-ring (bicyclic) bond motifs is 1. The molecule has 1 aromatic heterocycles. The van der Waals surface area contributed by atoms with E-state index in [-0.39, 0.29) is 6.61 Å². The van der Waals surface area contributed by atoms with Gasteiger partial charge >= 0.3 is 0 Å². The van der Waals surface area contributed by atoms with Gasteiger partial charge in [0, 0.05) is 28.7 Å². The fourth-order valence-electron chi connectivity index (χ4n) is 3.62. The molecule has 158 valence electrons. The van der Waals surface area contributed by atoms with E-state index in [0.717, 1.165) is 28.7 Å². The average molecular weight is 422 g/mol.